The number of hydrogen-bond acceptors (Lipinski definition) is 3. The van der Waals surface area contributed by atoms with Crippen molar-refractivity contribution in [3.8, 4) is 17.2 Å². The number of methoxy groups -OCH3 is 1. The SMILES string of the molecule is COc1ccc(OCCCOc2ccccc2)cc1. The number of hydrogen-bond donors (Lipinski definition) is 0. The highest BCUT2D eigenvalue weighted by molar-refractivity contribution is 5.31. The van der Waals surface area contributed by atoms with Gasteiger partial charge in [-0.3, -0.25) is 0 Å². The van der Waals surface area contributed by atoms with Crippen molar-refractivity contribution in [1.82, 2.24) is 0 Å². The minimum atomic E-state index is 0.638. The molecule has 0 unspecified atom stereocenters. The molecule has 0 amide bonds. The zero-order valence-electron chi connectivity index (χ0n) is 11.0. The molecule has 0 radical (unpaired) electrons. The summed E-state index contributed by atoms with van der Waals surface area (Å²) in [6, 6.07) is 17.4. The lowest BCUT2D eigenvalue weighted by Gasteiger charge is -2.08. The maximum absolute atomic E-state index is 5.61. The first-order valence-electron chi connectivity index (χ1n) is 6.33. The molecule has 3 nitrogen and oxygen atoms in total. The van der Waals surface area contributed by atoms with Crippen LogP contribution in [0.5, 0.6) is 17.2 Å². The first kappa shape index (κ1) is 13.3. The van der Waals surface area contributed by atoms with Crippen LogP contribution < -0.4 is 14.2 Å². The van der Waals surface area contributed by atoms with Crippen molar-refractivity contribution in [2.75, 3.05) is 20.3 Å². The molecule has 2 aromatic carbocycles. The van der Waals surface area contributed by atoms with E-state index in [2.05, 4.69) is 0 Å². The average molecular weight is 258 g/mol. The molecule has 0 aromatic heterocycles. The van der Waals surface area contributed by atoms with Crippen LogP contribution in [0.2, 0.25) is 0 Å². The molecule has 0 heterocycles. The lowest BCUT2D eigenvalue weighted by Crippen LogP contribution is -2.04. The van der Waals surface area contributed by atoms with E-state index in [1.54, 1.807) is 7.11 Å². The quantitative estimate of drug-likeness (QED) is 0.711. The topological polar surface area (TPSA) is 27.7 Å². The normalized spacial score (nSPS) is 9.95. The van der Waals surface area contributed by atoms with E-state index < -0.39 is 0 Å². The molecule has 0 aliphatic rings. The minimum absolute atomic E-state index is 0.638. The van der Waals surface area contributed by atoms with Crippen molar-refractivity contribution >= 4 is 0 Å². The molecule has 0 aliphatic heterocycles. The van der Waals surface area contributed by atoms with Gasteiger partial charge in [0.25, 0.3) is 0 Å². The third-order valence-corrected chi connectivity index (χ3v) is 2.63. The maximum Gasteiger partial charge on any atom is 0.119 e. The summed E-state index contributed by atoms with van der Waals surface area (Å²) in [5.41, 5.74) is 0. The summed E-state index contributed by atoms with van der Waals surface area (Å²) in [5.74, 6) is 2.58. The largest absolute Gasteiger partial charge is 0.497 e. The van der Waals surface area contributed by atoms with E-state index in [1.165, 1.54) is 0 Å². The molecule has 100 valence electrons. The summed E-state index contributed by atoms with van der Waals surface area (Å²) in [6.45, 7) is 1.29. The summed E-state index contributed by atoms with van der Waals surface area (Å²) >= 11 is 0. The van der Waals surface area contributed by atoms with Crippen LogP contribution in [0.1, 0.15) is 6.42 Å². The monoisotopic (exact) mass is 258 g/mol. The first-order chi connectivity index (χ1) is 9.38. The van der Waals surface area contributed by atoms with Crippen LogP contribution in [0.4, 0.5) is 0 Å². The Morgan fingerprint density at radius 2 is 1.21 bits per heavy atom. The molecule has 2 aromatic rings. The van der Waals surface area contributed by atoms with E-state index >= 15 is 0 Å². The Bertz CT molecular complexity index is 465. The van der Waals surface area contributed by atoms with Crippen LogP contribution in [-0.2, 0) is 0 Å². The van der Waals surface area contributed by atoms with E-state index in [0.29, 0.717) is 13.2 Å². The van der Waals surface area contributed by atoms with Gasteiger partial charge in [0.15, 0.2) is 0 Å². The van der Waals surface area contributed by atoms with Gasteiger partial charge in [0.05, 0.1) is 20.3 Å². The Morgan fingerprint density at radius 3 is 1.79 bits per heavy atom. The van der Waals surface area contributed by atoms with Crippen LogP contribution >= 0.6 is 0 Å². The zero-order valence-corrected chi connectivity index (χ0v) is 11.0. The van der Waals surface area contributed by atoms with Gasteiger partial charge in [0, 0.05) is 6.42 Å². The molecule has 0 bridgehead atoms. The van der Waals surface area contributed by atoms with Crippen LogP contribution in [0, 0.1) is 0 Å². The predicted octanol–water partition coefficient (Wildman–Crippen LogP) is 3.54. The van der Waals surface area contributed by atoms with Crippen LogP contribution in [0.3, 0.4) is 0 Å². The Balaban J connectivity index is 1.63. The van der Waals surface area contributed by atoms with Gasteiger partial charge in [0.2, 0.25) is 0 Å². The van der Waals surface area contributed by atoms with Crippen LogP contribution in [0.15, 0.2) is 54.6 Å². The number of rotatable bonds is 7. The van der Waals surface area contributed by atoms with E-state index in [4.69, 9.17) is 14.2 Å². The second-order valence-corrected chi connectivity index (χ2v) is 4.04. The third-order valence-electron chi connectivity index (χ3n) is 2.63. The Kier molecular flexibility index (Phi) is 5.11. The highest BCUT2D eigenvalue weighted by Gasteiger charge is 1.96. The van der Waals surface area contributed by atoms with Crippen molar-refractivity contribution in [3.63, 3.8) is 0 Å². The van der Waals surface area contributed by atoms with Crippen molar-refractivity contribution in [2.45, 2.75) is 6.42 Å². The molecule has 0 N–H and O–H groups in total. The fourth-order valence-electron chi connectivity index (χ4n) is 1.63. The molecule has 2 rings (SSSR count). The van der Waals surface area contributed by atoms with Crippen molar-refractivity contribution in [1.29, 1.82) is 0 Å². The molecule has 3 heteroatoms. The van der Waals surface area contributed by atoms with Gasteiger partial charge >= 0.3 is 0 Å². The van der Waals surface area contributed by atoms with Gasteiger partial charge < -0.3 is 14.2 Å². The summed E-state index contributed by atoms with van der Waals surface area (Å²) in [5, 5.41) is 0. The molecule has 0 atom stereocenters. The van der Waals surface area contributed by atoms with Gasteiger partial charge in [-0.05, 0) is 36.4 Å². The van der Waals surface area contributed by atoms with Crippen molar-refractivity contribution < 1.29 is 14.2 Å². The Labute approximate surface area is 113 Å². The van der Waals surface area contributed by atoms with Crippen molar-refractivity contribution in [3.05, 3.63) is 54.6 Å². The Hall–Kier alpha value is -2.16. The average Bonchev–Trinajstić information content (AvgIpc) is 2.49. The highest BCUT2D eigenvalue weighted by Crippen LogP contribution is 2.17. The fourth-order valence-corrected chi connectivity index (χ4v) is 1.63. The van der Waals surface area contributed by atoms with E-state index in [-0.39, 0.29) is 0 Å². The molecule has 0 fully saturated rings. The fraction of sp³-hybridized carbons (Fsp3) is 0.250. The minimum Gasteiger partial charge on any atom is -0.497 e. The molecule has 0 saturated carbocycles. The number of benzene rings is 2. The summed E-state index contributed by atoms with van der Waals surface area (Å²) in [7, 11) is 1.65. The van der Waals surface area contributed by atoms with E-state index in [1.807, 2.05) is 54.6 Å². The van der Waals surface area contributed by atoms with E-state index in [0.717, 1.165) is 23.7 Å². The van der Waals surface area contributed by atoms with Gasteiger partial charge in [-0.1, -0.05) is 18.2 Å². The number of ether oxygens (including phenoxy) is 3. The molecule has 0 aliphatic carbocycles. The summed E-state index contributed by atoms with van der Waals surface area (Å²) in [6.07, 6.45) is 0.848. The highest BCUT2D eigenvalue weighted by atomic mass is 16.5. The van der Waals surface area contributed by atoms with E-state index in [9.17, 15) is 0 Å². The standard InChI is InChI=1S/C16H18O3/c1-17-14-8-10-16(11-9-14)19-13-5-12-18-15-6-3-2-4-7-15/h2-4,6-11H,5,12-13H2,1H3. The first-order valence-corrected chi connectivity index (χ1v) is 6.33. The summed E-state index contributed by atoms with van der Waals surface area (Å²) in [4.78, 5) is 0. The Morgan fingerprint density at radius 1 is 0.684 bits per heavy atom. The lowest BCUT2D eigenvalue weighted by atomic mass is 10.3. The van der Waals surface area contributed by atoms with Gasteiger partial charge in [-0.2, -0.15) is 0 Å². The number of para-hydroxylation sites is 1. The molecule has 0 spiro atoms. The van der Waals surface area contributed by atoms with Gasteiger partial charge in [0.1, 0.15) is 17.2 Å². The second kappa shape index (κ2) is 7.31. The maximum atomic E-state index is 5.61. The molecule has 0 saturated heterocycles. The zero-order chi connectivity index (χ0) is 13.3. The van der Waals surface area contributed by atoms with Crippen molar-refractivity contribution in [2.24, 2.45) is 0 Å². The third kappa shape index (κ3) is 4.54. The molecular weight excluding hydrogens is 240 g/mol. The predicted molar refractivity (Wildman–Crippen MR) is 75.0 cm³/mol. The smallest absolute Gasteiger partial charge is 0.119 e. The lowest BCUT2D eigenvalue weighted by molar-refractivity contribution is 0.247. The molecule has 19 heavy (non-hydrogen) atoms. The van der Waals surface area contributed by atoms with Crippen LogP contribution in [0.25, 0.3) is 0 Å². The van der Waals surface area contributed by atoms with Gasteiger partial charge in [-0.15, -0.1) is 0 Å². The molecular formula is C16H18O3. The van der Waals surface area contributed by atoms with Gasteiger partial charge in [-0.25, -0.2) is 0 Å². The second-order valence-electron chi connectivity index (χ2n) is 4.04. The summed E-state index contributed by atoms with van der Waals surface area (Å²) < 4.78 is 16.3. The van der Waals surface area contributed by atoms with Crippen LogP contribution in [-0.4, -0.2) is 20.3 Å².